The van der Waals surface area contributed by atoms with Crippen LogP contribution in [0, 0.1) is 0 Å². The second kappa shape index (κ2) is 8.78. The van der Waals surface area contributed by atoms with Gasteiger partial charge in [0.15, 0.2) is 6.10 Å². The summed E-state index contributed by atoms with van der Waals surface area (Å²) in [6.07, 6.45) is -1.07. The topological polar surface area (TPSA) is 75.7 Å². The Balaban J connectivity index is 1.62. The molecule has 0 spiro atoms. The SMILES string of the molecule is O=C(Nc1cc(Cl)ccc1Cl)[C@H]1CN(S(=O)(=O)Cc2ccccc2)c2ccccc2O1. The van der Waals surface area contributed by atoms with Gasteiger partial charge in [0.25, 0.3) is 5.91 Å². The van der Waals surface area contributed by atoms with Crippen molar-refractivity contribution >= 4 is 50.5 Å². The molecule has 0 aliphatic carbocycles. The average molecular weight is 477 g/mol. The zero-order valence-corrected chi connectivity index (χ0v) is 18.5. The molecule has 9 heteroatoms. The summed E-state index contributed by atoms with van der Waals surface area (Å²) in [6, 6.07) is 20.3. The van der Waals surface area contributed by atoms with Gasteiger partial charge < -0.3 is 10.1 Å². The van der Waals surface area contributed by atoms with E-state index in [9.17, 15) is 13.2 Å². The van der Waals surface area contributed by atoms with Gasteiger partial charge in [-0.1, -0.05) is 65.7 Å². The Morgan fingerprint density at radius 3 is 2.52 bits per heavy atom. The average Bonchev–Trinajstić information content (AvgIpc) is 2.76. The second-order valence-electron chi connectivity index (χ2n) is 6.96. The number of fused-ring (bicyclic) bond motifs is 1. The zero-order valence-electron chi connectivity index (χ0n) is 16.2. The third-order valence-corrected chi connectivity index (χ3v) is 7.02. The monoisotopic (exact) mass is 476 g/mol. The minimum Gasteiger partial charge on any atom is -0.476 e. The summed E-state index contributed by atoms with van der Waals surface area (Å²) in [4.78, 5) is 12.9. The first kappa shape index (κ1) is 21.5. The van der Waals surface area contributed by atoms with Crippen LogP contribution >= 0.6 is 23.2 Å². The van der Waals surface area contributed by atoms with Crippen LogP contribution in [0.15, 0.2) is 72.8 Å². The first-order chi connectivity index (χ1) is 14.8. The number of halogens is 2. The fraction of sp³-hybridized carbons (Fsp3) is 0.136. The lowest BCUT2D eigenvalue weighted by Crippen LogP contribution is -2.49. The number of nitrogens with zero attached hydrogens (tertiary/aromatic N) is 1. The van der Waals surface area contributed by atoms with Crippen LogP contribution in [0.5, 0.6) is 5.75 Å². The van der Waals surface area contributed by atoms with Gasteiger partial charge in [-0.05, 0) is 35.9 Å². The molecule has 0 bridgehead atoms. The third-order valence-electron chi connectivity index (χ3n) is 4.74. The van der Waals surface area contributed by atoms with E-state index in [1.165, 1.54) is 10.4 Å². The summed E-state index contributed by atoms with van der Waals surface area (Å²) >= 11 is 12.1. The van der Waals surface area contributed by atoms with Crippen molar-refractivity contribution in [3.8, 4) is 5.75 Å². The number of rotatable bonds is 5. The first-order valence-electron chi connectivity index (χ1n) is 9.39. The predicted octanol–water partition coefficient (Wildman–Crippen LogP) is 4.73. The van der Waals surface area contributed by atoms with E-state index in [0.717, 1.165) is 0 Å². The molecular formula is C22H18Cl2N2O4S. The number of ether oxygens (including phenoxy) is 1. The van der Waals surface area contributed by atoms with E-state index in [1.54, 1.807) is 60.7 Å². The number of para-hydroxylation sites is 2. The molecule has 1 N–H and O–H groups in total. The number of anilines is 2. The lowest BCUT2D eigenvalue weighted by atomic mass is 10.2. The molecule has 1 amide bonds. The molecule has 6 nitrogen and oxygen atoms in total. The van der Waals surface area contributed by atoms with Crippen molar-refractivity contribution in [3.05, 3.63) is 88.4 Å². The highest BCUT2D eigenvalue weighted by Crippen LogP contribution is 2.36. The number of sulfonamides is 1. The maximum atomic E-state index is 13.2. The zero-order chi connectivity index (χ0) is 22.0. The van der Waals surface area contributed by atoms with Crippen molar-refractivity contribution in [1.82, 2.24) is 0 Å². The first-order valence-corrected chi connectivity index (χ1v) is 11.8. The van der Waals surface area contributed by atoms with Gasteiger partial charge in [-0.25, -0.2) is 8.42 Å². The Kier molecular flexibility index (Phi) is 6.09. The largest absolute Gasteiger partial charge is 0.476 e. The number of nitrogens with one attached hydrogen (secondary N) is 1. The molecule has 160 valence electrons. The number of hydrogen-bond acceptors (Lipinski definition) is 4. The van der Waals surface area contributed by atoms with Gasteiger partial charge >= 0.3 is 0 Å². The molecule has 1 atom stereocenters. The highest BCUT2D eigenvalue weighted by atomic mass is 35.5. The lowest BCUT2D eigenvalue weighted by molar-refractivity contribution is -0.122. The normalized spacial score (nSPS) is 15.7. The van der Waals surface area contributed by atoms with Crippen molar-refractivity contribution in [2.75, 3.05) is 16.2 Å². The maximum Gasteiger partial charge on any atom is 0.267 e. The van der Waals surface area contributed by atoms with Crippen LogP contribution in [0.25, 0.3) is 0 Å². The third kappa shape index (κ3) is 4.79. The summed E-state index contributed by atoms with van der Waals surface area (Å²) < 4.78 is 33.5. The Labute approximate surface area is 190 Å². The van der Waals surface area contributed by atoms with E-state index in [4.69, 9.17) is 27.9 Å². The smallest absolute Gasteiger partial charge is 0.267 e. The van der Waals surface area contributed by atoms with Gasteiger partial charge in [-0.3, -0.25) is 9.10 Å². The molecule has 31 heavy (non-hydrogen) atoms. The molecule has 4 rings (SSSR count). The molecular weight excluding hydrogens is 459 g/mol. The van der Waals surface area contributed by atoms with E-state index in [0.29, 0.717) is 32.7 Å². The molecule has 3 aromatic carbocycles. The van der Waals surface area contributed by atoms with Crippen LogP contribution in [-0.2, 0) is 20.6 Å². The van der Waals surface area contributed by atoms with Crippen LogP contribution in [0.2, 0.25) is 10.0 Å². The number of benzene rings is 3. The van der Waals surface area contributed by atoms with E-state index >= 15 is 0 Å². The number of amides is 1. The molecule has 0 fully saturated rings. The Morgan fingerprint density at radius 1 is 1.03 bits per heavy atom. The number of carbonyl (C=O) groups is 1. The fourth-order valence-corrected chi connectivity index (χ4v) is 5.19. The number of carbonyl (C=O) groups excluding carboxylic acids is 1. The maximum absolute atomic E-state index is 13.2. The highest BCUT2D eigenvalue weighted by molar-refractivity contribution is 7.92. The summed E-state index contributed by atoms with van der Waals surface area (Å²) in [7, 11) is -3.78. The highest BCUT2D eigenvalue weighted by Gasteiger charge is 2.36. The minimum atomic E-state index is -3.78. The van der Waals surface area contributed by atoms with Gasteiger partial charge in [-0.2, -0.15) is 0 Å². The summed E-state index contributed by atoms with van der Waals surface area (Å²) in [5.41, 5.74) is 1.36. The van der Waals surface area contributed by atoms with E-state index in [-0.39, 0.29) is 12.3 Å². The predicted molar refractivity (Wildman–Crippen MR) is 122 cm³/mol. The van der Waals surface area contributed by atoms with E-state index in [1.807, 2.05) is 6.07 Å². The lowest BCUT2D eigenvalue weighted by Gasteiger charge is -2.34. The molecule has 0 saturated carbocycles. The van der Waals surface area contributed by atoms with Crippen LogP contribution in [0.4, 0.5) is 11.4 Å². The van der Waals surface area contributed by atoms with Gasteiger partial charge in [0, 0.05) is 5.02 Å². The van der Waals surface area contributed by atoms with E-state index in [2.05, 4.69) is 5.32 Å². The molecule has 0 unspecified atom stereocenters. The van der Waals surface area contributed by atoms with Crippen molar-refractivity contribution in [2.24, 2.45) is 0 Å². The Morgan fingerprint density at radius 2 is 1.74 bits per heavy atom. The van der Waals surface area contributed by atoms with Crippen LogP contribution < -0.4 is 14.4 Å². The standard InChI is InChI=1S/C22H18Cl2N2O4S/c23-16-10-11-17(24)18(12-16)25-22(27)21-13-26(19-8-4-5-9-20(19)30-21)31(28,29)14-15-6-2-1-3-7-15/h1-12,21H,13-14H2,(H,25,27)/t21-/m1/s1. The molecule has 1 aliphatic heterocycles. The second-order valence-corrected chi connectivity index (χ2v) is 9.70. The van der Waals surface area contributed by atoms with E-state index < -0.39 is 22.0 Å². The molecule has 0 saturated heterocycles. The molecule has 1 heterocycles. The quantitative estimate of drug-likeness (QED) is 0.577. The van der Waals surface area contributed by atoms with Crippen molar-refractivity contribution in [1.29, 1.82) is 0 Å². The van der Waals surface area contributed by atoms with Crippen molar-refractivity contribution < 1.29 is 17.9 Å². The molecule has 3 aromatic rings. The van der Waals surface area contributed by atoms with Crippen LogP contribution in [0.1, 0.15) is 5.56 Å². The Hall–Kier alpha value is -2.74. The van der Waals surface area contributed by atoms with Gasteiger partial charge in [-0.15, -0.1) is 0 Å². The van der Waals surface area contributed by atoms with Crippen LogP contribution in [-0.4, -0.2) is 27.0 Å². The summed E-state index contributed by atoms with van der Waals surface area (Å²) in [6.45, 7) is -0.170. The minimum absolute atomic E-state index is 0.170. The van der Waals surface area contributed by atoms with Crippen molar-refractivity contribution in [3.63, 3.8) is 0 Å². The van der Waals surface area contributed by atoms with Gasteiger partial charge in [0.1, 0.15) is 5.75 Å². The number of hydrogen-bond donors (Lipinski definition) is 1. The Bertz CT molecular complexity index is 1220. The fourth-order valence-electron chi connectivity index (χ4n) is 3.27. The van der Waals surface area contributed by atoms with Crippen molar-refractivity contribution in [2.45, 2.75) is 11.9 Å². The van der Waals surface area contributed by atoms with Gasteiger partial charge in [0.2, 0.25) is 10.0 Å². The molecule has 0 radical (unpaired) electrons. The summed E-state index contributed by atoms with van der Waals surface area (Å²) in [5, 5.41) is 3.38. The molecule has 1 aliphatic rings. The van der Waals surface area contributed by atoms with Gasteiger partial charge in [0.05, 0.1) is 28.7 Å². The summed E-state index contributed by atoms with van der Waals surface area (Å²) in [5.74, 6) is -0.419. The van der Waals surface area contributed by atoms with Crippen LogP contribution in [0.3, 0.4) is 0 Å². The molecule has 0 aromatic heterocycles.